The van der Waals surface area contributed by atoms with Crippen LogP contribution in [0, 0.1) is 0 Å². The number of aromatic nitrogens is 7. The van der Waals surface area contributed by atoms with E-state index in [0.717, 1.165) is 0 Å². The van der Waals surface area contributed by atoms with Gasteiger partial charge >= 0.3 is 11.9 Å². The summed E-state index contributed by atoms with van der Waals surface area (Å²) in [5.74, 6) is -3.28. The largest absolute Gasteiger partial charge is 0.507 e. The molecule has 0 aliphatic heterocycles. The molecule has 3 aromatic heterocycles. The van der Waals surface area contributed by atoms with Crippen molar-refractivity contribution < 1.29 is 30.0 Å². The third kappa shape index (κ3) is 4.07. The van der Waals surface area contributed by atoms with Crippen LogP contribution in [0.25, 0.3) is 34.2 Å². The Labute approximate surface area is 201 Å². The van der Waals surface area contributed by atoms with Gasteiger partial charge in [0.25, 0.3) is 0 Å². The van der Waals surface area contributed by atoms with Crippen molar-refractivity contribution in [2.75, 3.05) is 0 Å². The highest BCUT2D eigenvalue weighted by atomic mass is 16.4. The molecule has 13 heteroatoms. The first-order valence-electron chi connectivity index (χ1n) is 10.3. The summed E-state index contributed by atoms with van der Waals surface area (Å²) in [5, 5.41) is 54.3. The molecule has 0 spiro atoms. The van der Waals surface area contributed by atoms with Crippen LogP contribution in [0.1, 0.15) is 20.7 Å². The van der Waals surface area contributed by atoms with Gasteiger partial charge in [-0.1, -0.05) is 16.5 Å². The highest BCUT2D eigenvalue weighted by Crippen LogP contribution is 2.25. The number of carbonyl (C=O) groups is 2. The maximum Gasteiger partial charge on any atom is 0.339 e. The minimum absolute atomic E-state index is 0.227. The third-order valence-electron chi connectivity index (χ3n) is 5.21. The van der Waals surface area contributed by atoms with Crippen LogP contribution in [0.3, 0.4) is 0 Å². The van der Waals surface area contributed by atoms with Crippen LogP contribution in [-0.2, 0) is 0 Å². The van der Waals surface area contributed by atoms with E-state index in [-0.39, 0.29) is 11.1 Å². The van der Waals surface area contributed by atoms with E-state index < -0.39 is 23.4 Å². The van der Waals surface area contributed by atoms with Gasteiger partial charge in [0, 0.05) is 12.1 Å². The van der Waals surface area contributed by atoms with Crippen molar-refractivity contribution in [2.24, 2.45) is 0 Å². The van der Waals surface area contributed by atoms with E-state index in [1.54, 1.807) is 30.6 Å². The molecule has 0 amide bonds. The van der Waals surface area contributed by atoms with E-state index in [1.165, 1.54) is 45.8 Å². The lowest BCUT2D eigenvalue weighted by Crippen LogP contribution is -2.00. The Morgan fingerprint density at radius 2 is 1.08 bits per heavy atom. The predicted octanol–water partition coefficient (Wildman–Crippen LogP) is 2.38. The number of hydrogen-bond acceptors (Lipinski definition) is 9. The molecule has 0 radical (unpaired) electrons. The Kier molecular flexibility index (Phi) is 5.33. The molecular weight excluding hydrogens is 470 g/mol. The van der Waals surface area contributed by atoms with Crippen molar-refractivity contribution in [2.45, 2.75) is 0 Å². The van der Waals surface area contributed by atoms with Crippen LogP contribution in [0.4, 0.5) is 0 Å². The third-order valence-corrected chi connectivity index (χ3v) is 5.21. The molecule has 0 bridgehead atoms. The summed E-state index contributed by atoms with van der Waals surface area (Å²) in [5.41, 5.74) is 2.15. The van der Waals surface area contributed by atoms with Crippen LogP contribution in [0.15, 0.2) is 67.0 Å². The van der Waals surface area contributed by atoms with Gasteiger partial charge in [0.15, 0.2) is 0 Å². The van der Waals surface area contributed by atoms with Gasteiger partial charge in [-0.15, -0.1) is 10.2 Å². The van der Waals surface area contributed by atoms with Gasteiger partial charge in [0.2, 0.25) is 0 Å². The van der Waals surface area contributed by atoms with Gasteiger partial charge in [-0.3, -0.25) is 0 Å². The average molecular weight is 485 g/mol. The molecule has 0 atom stereocenters. The van der Waals surface area contributed by atoms with Crippen LogP contribution in [0.2, 0.25) is 0 Å². The maximum absolute atomic E-state index is 11.1. The Morgan fingerprint density at radius 3 is 1.47 bits per heavy atom. The summed E-state index contributed by atoms with van der Waals surface area (Å²) >= 11 is 0. The molecule has 2 aromatic carbocycles. The fourth-order valence-corrected chi connectivity index (χ4v) is 3.42. The number of aromatic carboxylic acids is 2. The van der Waals surface area contributed by atoms with E-state index in [2.05, 4.69) is 25.6 Å². The number of rotatable bonds is 6. The molecule has 5 aromatic rings. The van der Waals surface area contributed by atoms with E-state index in [0.29, 0.717) is 34.2 Å². The maximum atomic E-state index is 11.1. The van der Waals surface area contributed by atoms with Crippen molar-refractivity contribution in [1.82, 2.24) is 35.0 Å². The van der Waals surface area contributed by atoms with Crippen LogP contribution < -0.4 is 0 Å². The van der Waals surface area contributed by atoms with Crippen molar-refractivity contribution >= 4 is 11.9 Å². The number of phenols is 2. The highest BCUT2D eigenvalue weighted by molar-refractivity contribution is 5.91. The molecule has 13 nitrogen and oxygen atoms in total. The summed E-state index contributed by atoms with van der Waals surface area (Å²) in [6.07, 6.45) is 3.15. The van der Waals surface area contributed by atoms with Gasteiger partial charge < -0.3 is 20.4 Å². The second-order valence-electron chi connectivity index (χ2n) is 7.52. The van der Waals surface area contributed by atoms with Crippen molar-refractivity contribution in [1.29, 1.82) is 0 Å². The standard InChI is InChI=1S/C23H15N7O6/c31-20-8-12(4-6-14(20)22(33)34)29-10-18(25-27-29)16-2-1-3-17(24-16)19-11-30(28-26-19)13-5-7-15(23(35)36)21(32)9-13/h1-11,31-32H,(H,33,34)(H,35,36). The first-order chi connectivity index (χ1) is 17.3. The van der Waals surface area contributed by atoms with Crippen LogP contribution in [-0.4, -0.2) is 67.3 Å². The van der Waals surface area contributed by atoms with E-state index in [1.807, 2.05) is 0 Å². The lowest BCUT2D eigenvalue weighted by molar-refractivity contribution is 0.0682. The SMILES string of the molecule is O=C(O)c1ccc(-n2cc(-c3cccc(-c4cn(-c5ccc(C(=O)O)c(O)c5)nn4)n3)nn2)cc1O. The summed E-state index contributed by atoms with van der Waals surface area (Å²) in [7, 11) is 0. The predicted molar refractivity (Wildman–Crippen MR) is 122 cm³/mol. The van der Waals surface area contributed by atoms with Crippen LogP contribution in [0.5, 0.6) is 11.5 Å². The van der Waals surface area contributed by atoms with Gasteiger partial charge in [0.05, 0.1) is 35.2 Å². The second kappa shape index (κ2) is 8.64. The fourth-order valence-electron chi connectivity index (χ4n) is 3.42. The Balaban J connectivity index is 1.42. The average Bonchev–Trinajstić information content (AvgIpc) is 3.54. The number of hydrogen-bond donors (Lipinski definition) is 4. The summed E-state index contributed by atoms with van der Waals surface area (Å²) in [4.78, 5) is 26.7. The number of aromatic hydroxyl groups is 2. The number of carboxylic acids is 2. The number of pyridine rings is 1. The van der Waals surface area contributed by atoms with Gasteiger partial charge in [-0.2, -0.15) is 0 Å². The van der Waals surface area contributed by atoms with Crippen molar-refractivity contribution in [3.05, 3.63) is 78.1 Å². The van der Waals surface area contributed by atoms with Gasteiger partial charge in [-0.25, -0.2) is 23.9 Å². The molecule has 3 heterocycles. The zero-order chi connectivity index (χ0) is 25.4. The second-order valence-corrected chi connectivity index (χ2v) is 7.52. The summed E-state index contributed by atoms with van der Waals surface area (Å²) in [6.45, 7) is 0. The number of carboxylic acid groups (broad SMARTS) is 2. The molecule has 0 saturated heterocycles. The Hall–Kier alpha value is -5.59. The number of benzene rings is 2. The zero-order valence-corrected chi connectivity index (χ0v) is 18.1. The quantitative estimate of drug-likeness (QED) is 0.276. The van der Waals surface area contributed by atoms with Gasteiger partial charge in [0.1, 0.15) is 34.0 Å². The fraction of sp³-hybridized carbons (Fsp3) is 0. The summed E-state index contributed by atoms with van der Waals surface area (Å²) < 4.78 is 2.75. The molecule has 0 saturated carbocycles. The molecule has 4 N–H and O–H groups in total. The molecule has 178 valence electrons. The summed E-state index contributed by atoms with van der Waals surface area (Å²) in [6, 6.07) is 13.2. The Bertz CT molecular complexity index is 1520. The minimum atomic E-state index is -1.25. The van der Waals surface area contributed by atoms with Gasteiger partial charge in [-0.05, 0) is 36.4 Å². The number of nitrogens with zero attached hydrogens (tertiary/aromatic N) is 7. The molecule has 0 aliphatic rings. The lowest BCUT2D eigenvalue weighted by atomic mass is 10.2. The van der Waals surface area contributed by atoms with Crippen molar-refractivity contribution in [3.8, 4) is 45.6 Å². The zero-order valence-electron chi connectivity index (χ0n) is 18.1. The Morgan fingerprint density at radius 1 is 0.639 bits per heavy atom. The lowest BCUT2D eigenvalue weighted by Gasteiger charge is -2.03. The molecular formula is C23H15N7O6. The molecule has 0 fully saturated rings. The van der Waals surface area contributed by atoms with E-state index in [9.17, 15) is 19.8 Å². The van der Waals surface area contributed by atoms with E-state index >= 15 is 0 Å². The molecule has 0 unspecified atom stereocenters. The molecule has 5 rings (SSSR count). The highest BCUT2D eigenvalue weighted by Gasteiger charge is 2.15. The first kappa shape index (κ1) is 22.2. The molecule has 36 heavy (non-hydrogen) atoms. The smallest absolute Gasteiger partial charge is 0.339 e. The topological polar surface area (TPSA) is 189 Å². The van der Waals surface area contributed by atoms with Crippen LogP contribution >= 0.6 is 0 Å². The first-order valence-corrected chi connectivity index (χ1v) is 10.3. The van der Waals surface area contributed by atoms with E-state index in [4.69, 9.17) is 10.2 Å². The minimum Gasteiger partial charge on any atom is -0.507 e. The normalized spacial score (nSPS) is 10.9. The molecule has 0 aliphatic carbocycles. The van der Waals surface area contributed by atoms with Crippen molar-refractivity contribution in [3.63, 3.8) is 0 Å². The monoisotopic (exact) mass is 485 g/mol.